The summed E-state index contributed by atoms with van der Waals surface area (Å²) in [5.41, 5.74) is 34.5. The molecular weight excluding hydrogens is 1580 g/mol. The van der Waals surface area contributed by atoms with E-state index in [4.69, 9.17) is 0 Å². The highest BCUT2D eigenvalue weighted by Gasteiger charge is 2.42. The molecule has 24 aromatic rings. The fourth-order valence-corrected chi connectivity index (χ4v) is 23.6. The van der Waals surface area contributed by atoms with Crippen molar-refractivity contribution in [1.82, 2.24) is 32.0 Å². The smallest absolute Gasteiger partial charge is 0.0643 e. The van der Waals surface area contributed by atoms with Crippen molar-refractivity contribution in [2.75, 3.05) is 4.90 Å². The summed E-state index contributed by atoms with van der Waals surface area (Å²) in [5, 5.41) is 15.8. The first-order chi connectivity index (χ1) is 64.4. The molecule has 1 aliphatic heterocycles. The summed E-state index contributed by atoms with van der Waals surface area (Å²) in [6.07, 6.45) is 23.2. The van der Waals surface area contributed by atoms with Crippen LogP contribution in [0.15, 0.2) is 437 Å². The van der Waals surface area contributed by atoms with Gasteiger partial charge in [0.05, 0.1) is 101 Å². The average molecular weight is 1660 g/mol. The van der Waals surface area contributed by atoms with Crippen molar-refractivity contribution in [1.29, 1.82) is 0 Å². The number of hydrogen-bond acceptors (Lipinski definition) is 1. The number of benzene rings is 17. The molecule has 17 aromatic carbocycles. The maximum atomic E-state index is 2.65. The lowest BCUT2D eigenvalue weighted by atomic mass is 9.85. The average Bonchev–Trinajstić information content (AvgIpc) is 1.54. The Morgan fingerprint density at radius 3 is 1.28 bits per heavy atom. The summed E-state index contributed by atoms with van der Waals surface area (Å²) in [7, 11) is 0. The van der Waals surface area contributed by atoms with Crippen LogP contribution >= 0.6 is 0 Å². The lowest BCUT2D eigenvalue weighted by Gasteiger charge is -2.31. The topological polar surface area (TPSA) is 37.8 Å². The van der Waals surface area contributed by atoms with Gasteiger partial charge in [0.2, 0.25) is 0 Å². The maximum absolute atomic E-state index is 2.65. The molecule has 0 amide bonds. The third-order valence-electron chi connectivity index (χ3n) is 29.1. The first-order valence-electron chi connectivity index (χ1n) is 45.5. The number of rotatable bonds is 11. The quantitative estimate of drug-likeness (QED) is 0.127. The van der Waals surface area contributed by atoms with E-state index in [1.165, 1.54) is 131 Å². The molecule has 28 rings (SSSR count). The number of nitrogens with zero attached hydrogens (tertiary/aromatic N) is 8. The minimum atomic E-state index is -0.333. The van der Waals surface area contributed by atoms with Gasteiger partial charge in [0.1, 0.15) is 0 Å². The third-order valence-corrected chi connectivity index (χ3v) is 29.1. The molecule has 0 radical (unpaired) electrons. The van der Waals surface area contributed by atoms with E-state index in [1.807, 2.05) is 0 Å². The van der Waals surface area contributed by atoms with Gasteiger partial charge in [-0.2, -0.15) is 0 Å². The Bertz CT molecular complexity index is 9000. The molecule has 610 valence electrons. The van der Waals surface area contributed by atoms with Gasteiger partial charge in [-0.1, -0.05) is 303 Å². The number of para-hydroxylation sites is 13. The Morgan fingerprint density at radius 1 is 0.300 bits per heavy atom. The molecule has 0 fully saturated rings. The molecule has 3 unspecified atom stereocenters. The van der Waals surface area contributed by atoms with E-state index in [1.54, 1.807) is 0 Å². The highest BCUT2D eigenvalue weighted by molar-refractivity contribution is 6.22. The third kappa shape index (κ3) is 10.4. The summed E-state index contributed by atoms with van der Waals surface area (Å²) in [4.78, 5) is 2.65. The van der Waals surface area contributed by atoms with Gasteiger partial charge < -0.3 is 36.9 Å². The van der Waals surface area contributed by atoms with Crippen LogP contribution in [0.5, 0.6) is 0 Å². The molecule has 8 heterocycles. The molecule has 3 aliphatic carbocycles. The Balaban J connectivity index is 0.666. The Hall–Kier alpha value is -16.7. The molecule has 0 N–H and O–H groups in total. The van der Waals surface area contributed by atoms with Crippen LogP contribution in [0.25, 0.3) is 204 Å². The van der Waals surface area contributed by atoms with Gasteiger partial charge in [-0.15, -0.1) is 0 Å². The maximum Gasteiger partial charge on any atom is 0.0643 e. The SMILES string of the molecule is CC1(n2c3ccccc3c3c(-n4c5ccccc5c5ccccc54)c(C4=C(n5c6ccccc6c6ccccc65)Cc5c(n(-c6ccccc6)c6cc(C7=CC8C(C=C7)c7cc(-c9cc%10c%11ccccc%11n(-c%11ccccc%11)c%10cc9-n9c%10ccccc%10c%10ccccc%109)c(-n9c%10ccccc%10c%10ccccc%109)cc7N8c7ccccc7)ccc56)C=C4)ccc32)C=CC=CC1. The van der Waals surface area contributed by atoms with E-state index in [9.17, 15) is 0 Å². The van der Waals surface area contributed by atoms with Crippen LogP contribution in [0.3, 0.4) is 0 Å². The van der Waals surface area contributed by atoms with Gasteiger partial charge in [0, 0.05) is 139 Å². The first-order valence-corrected chi connectivity index (χ1v) is 45.5. The first kappa shape index (κ1) is 72.6. The Labute approximate surface area is 749 Å². The van der Waals surface area contributed by atoms with Crippen LogP contribution in [0.4, 0.5) is 11.4 Å². The normalized spacial score (nSPS) is 16.2. The minimum Gasteiger partial charge on any atom is -0.333 e. The van der Waals surface area contributed by atoms with Crippen molar-refractivity contribution in [2.45, 2.75) is 37.3 Å². The van der Waals surface area contributed by atoms with Gasteiger partial charge in [-0.3, -0.25) is 0 Å². The molecule has 0 saturated carbocycles. The lowest BCUT2D eigenvalue weighted by Crippen LogP contribution is -2.29. The Kier molecular flexibility index (Phi) is 15.6. The van der Waals surface area contributed by atoms with Crippen molar-refractivity contribution in [3.8, 4) is 39.6 Å². The molecule has 8 heteroatoms. The number of allylic oxidation sites excluding steroid dienone is 9. The van der Waals surface area contributed by atoms with E-state index < -0.39 is 0 Å². The monoisotopic (exact) mass is 1660 g/mol. The van der Waals surface area contributed by atoms with Crippen molar-refractivity contribution < 1.29 is 0 Å². The molecule has 8 nitrogen and oxygen atoms in total. The molecule has 0 bridgehead atoms. The van der Waals surface area contributed by atoms with Gasteiger partial charge in [-0.05, 0) is 175 Å². The summed E-state index contributed by atoms with van der Waals surface area (Å²) in [5.74, 6) is -0.0479. The fraction of sp³-hybridized carbons (Fsp3) is 0.0492. The lowest BCUT2D eigenvalue weighted by molar-refractivity contribution is 0.437. The van der Waals surface area contributed by atoms with E-state index in [0.717, 1.165) is 113 Å². The number of hydrogen-bond donors (Lipinski definition) is 0. The van der Waals surface area contributed by atoms with Crippen LogP contribution in [-0.4, -0.2) is 38.0 Å². The minimum absolute atomic E-state index is 0.0479. The van der Waals surface area contributed by atoms with E-state index in [2.05, 4.69) is 487 Å². The summed E-state index contributed by atoms with van der Waals surface area (Å²) < 4.78 is 18.0. The summed E-state index contributed by atoms with van der Waals surface area (Å²) in [6, 6.07) is 146. The van der Waals surface area contributed by atoms with Crippen LogP contribution in [0.1, 0.15) is 47.2 Å². The van der Waals surface area contributed by atoms with Gasteiger partial charge in [0.15, 0.2) is 0 Å². The van der Waals surface area contributed by atoms with Crippen molar-refractivity contribution in [3.63, 3.8) is 0 Å². The second kappa shape index (κ2) is 27.9. The number of aromatic nitrogens is 7. The second-order valence-electron chi connectivity index (χ2n) is 35.9. The Morgan fingerprint density at radius 2 is 0.746 bits per heavy atom. The van der Waals surface area contributed by atoms with Crippen molar-refractivity contribution in [3.05, 3.63) is 465 Å². The predicted molar refractivity (Wildman–Crippen MR) is 546 cm³/mol. The summed E-state index contributed by atoms with van der Waals surface area (Å²) in [6.45, 7) is 2.40. The molecule has 3 atom stereocenters. The van der Waals surface area contributed by atoms with Crippen LogP contribution in [-0.2, 0) is 12.0 Å². The second-order valence-corrected chi connectivity index (χ2v) is 35.9. The van der Waals surface area contributed by atoms with E-state index in [0.29, 0.717) is 6.42 Å². The zero-order valence-corrected chi connectivity index (χ0v) is 71.3. The number of anilines is 2. The molecular formula is C122H82N8. The molecule has 7 aromatic heterocycles. The predicted octanol–water partition coefficient (Wildman–Crippen LogP) is 31.0. The highest BCUT2D eigenvalue weighted by Crippen LogP contribution is 2.56. The van der Waals surface area contributed by atoms with Gasteiger partial charge in [0.25, 0.3) is 0 Å². The summed E-state index contributed by atoms with van der Waals surface area (Å²) >= 11 is 0. The zero-order valence-electron chi connectivity index (χ0n) is 71.3. The molecule has 0 spiro atoms. The highest BCUT2D eigenvalue weighted by atomic mass is 15.2. The van der Waals surface area contributed by atoms with Crippen molar-refractivity contribution in [2.24, 2.45) is 0 Å². The van der Waals surface area contributed by atoms with Crippen LogP contribution in [0.2, 0.25) is 0 Å². The largest absolute Gasteiger partial charge is 0.333 e. The molecule has 0 saturated heterocycles. The molecule has 130 heavy (non-hydrogen) atoms. The van der Waals surface area contributed by atoms with Gasteiger partial charge in [-0.25, -0.2) is 0 Å². The van der Waals surface area contributed by atoms with Gasteiger partial charge >= 0.3 is 0 Å². The van der Waals surface area contributed by atoms with Crippen LogP contribution in [0, 0.1) is 0 Å². The number of fused-ring (bicyclic) bond motifs is 24. The molecule has 4 aliphatic rings. The van der Waals surface area contributed by atoms with E-state index >= 15 is 0 Å². The zero-order chi connectivity index (χ0) is 85.1. The standard InChI is InChI=1S/C122H82N8/c1-122(68-32-5-33-69-122)130-111-59-31-21-49-95(111)120-112(130)67-65-94(121(120)129-108-57-29-18-46-88(108)89-47-19-30-58-109(89)129)91-64-66-110-100(74-115(91)126-102-51-23-12-40-82(102)83-41-13-24-52-103(83)126)93-63-61-77(70-113(93)124(110)80-36-8-3-9-37-80)78-60-62-92-97-73-99(119(76-117(97)125(114(92)71-78)81-38-10-4-11-39-81)128-106-55-27-16-44-86(106)87-45-17-28-56-107(87)128)98-72-96-90-48-20-22-50-101(90)123(79-34-6-2-7-35-79)116(96)75-118(98)127-104-53-25-14-42-84(104)85-43-15-26-54-105(85)127/h2-68,70-73,75-76,92,114H,69,74H2,1H3. The van der Waals surface area contributed by atoms with Crippen molar-refractivity contribution >= 4 is 176 Å². The fourth-order valence-electron chi connectivity index (χ4n) is 23.6. The van der Waals surface area contributed by atoms with E-state index in [-0.39, 0.29) is 17.5 Å². The van der Waals surface area contributed by atoms with Crippen LogP contribution < -0.4 is 4.90 Å².